The number of carboxylic acids is 1. The number of aliphatic hydroxyl groups is 3. The smallest absolute Gasteiger partial charge is 0.335 e. The molecule has 2 unspecified atom stereocenters. The first-order valence-electron chi connectivity index (χ1n) is 21.1. The van der Waals surface area contributed by atoms with Crippen molar-refractivity contribution in [3.05, 3.63) is 84.4 Å². The summed E-state index contributed by atoms with van der Waals surface area (Å²) in [7, 11) is 1.00. The number of hydrogen-bond acceptors (Lipinski definition) is 13. The molecule has 14 nitrogen and oxygen atoms in total. The highest BCUT2D eigenvalue weighted by Crippen LogP contribution is 2.61. The fourth-order valence-electron chi connectivity index (χ4n) is 8.68. The number of furan rings is 1. The molecule has 6 rings (SSSR count). The Hall–Kier alpha value is -4.72. The molecule has 1 aromatic carbocycles. The van der Waals surface area contributed by atoms with Gasteiger partial charge in [0.15, 0.2) is 11.9 Å². The van der Waals surface area contributed by atoms with Gasteiger partial charge in [0.05, 0.1) is 54.1 Å². The molecule has 2 aromatic rings. The number of rotatable bonds is 10. The van der Waals surface area contributed by atoms with Crippen LogP contribution < -0.4 is 5.32 Å². The SMILES string of the molecule is C#C.C=C.CC.CCCCSC(=O)N[C@H](CC(=O)O[C@H]1C[C@@]2(O)CC3C4CO[C@@H]4C[C@H](O)[C@@]3(C)C(=O)[C@H](OC(C)=O)C(=C1C)C2(C)C)c1ccco1.CO.O=C(O)c1ccccc1. The summed E-state index contributed by atoms with van der Waals surface area (Å²) < 4.78 is 23.1. The van der Waals surface area contributed by atoms with E-state index in [1.165, 1.54) is 13.2 Å². The molecule has 2 heterocycles. The molecule has 1 saturated heterocycles. The van der Waals surface area contributed by atoms with Crippen LogP contribution in [0.1, 0.15) is 116 Å². The molecule has 1 aromatic heterocycles. The zero-order valence-electron chi connectivity index (χ0n) is 38.3. The summed E-state index contributed by atoms with van der Waals surface area (Å²) in [5, 5.41) is 42.0. The summed E-state index contributed by atoms with van der Waals surface area (Å²) >= 11 is 1.14. The lowest BCUT2D eigenvalue weighted by Crippen LogP contribution is -2.69. The Balaban J connectivity index is 0.000001000. The number of aromatic carboxylic acids is 1. The number of Topliss-reactive ketones (excluding diaryl/α,β-unsaturated/α-hetero) is 1. The number of carboxylic acid groups (broad SMARTS) is 1. The number of nitrogens with one attached hydrogen (secondary N) is 1. The Kier molecular flexibility index (Phi) is 23.4. The minimum Gasteiger partial charge on any atom is -0.478 e. The topological polar surface area (TPSA) is 219 Å². The van der Waals surface area contributed by atoms with E-state index in [-0.39, 0.29) is 42.9 Å². The van der Waals surface area contributed by atoms with Crippen molar-refractivity contribution in [1.29, 1.82) is 0 Å². The standard InChI is InChI=1S/C34H47NO10S.C7H6O2.C2H6.C2H4.C2H2.CH4O/c1-7-8-12-46-31(40)35-22(23-10-9-11-42-23)13-27(38)45-25-16-34(41)15-21-20-17-43-24(20)14-26(37)33(21,6)30(39)29(44-19(3)36)28(18(25)2)32(34,4)5;8-7(9)6-4-2-1-3-5-6;4*1-2/h9-11,20-22,24-26,29,37,41H,7-8,12-17H2,1-6H3,(H,35,40);1-5H,(H,8,9);1-2H3;1-2H2;1-2H;2H,1H3/t20?,21?,22-,24-,25+,26+,29-,33+,34+;;;;;/m1...../s1. The molecule has 3 aliphatic carbocycles. The van der Waals surface area contributed by atoms with Crippen LogP contribution in [0.5, 0.6) is 0 Å². The van der Waals surface area contributed by atoms with E-state index in [1.807, 2.05) is 34.6 Å². The number of benzene rings is 1. The normalized spacial score (nSPS) is 27.4. The molecule has 350 valence electrons. The Morgan fingerprint density at radius 2 is 1.63 bits per heavy atom. The maximum absolute atomic E-state index is 14.6. The molecule has 0 spiro atoms. The third kappa shape index (κ3) is 13.2. The molecule has 3 fully saturated rings. The van der Waals surface area contributed by atoms with Gasteiger partial charge in [0.1, 0.15) is 11.9 Å². The summed E-state index contributed by atoms with van der Waals surface area (Å²) in [4.78, 5) is 63.5. The van der Waals surface area contributed by atoms with Crippen LogP contribution in [0.2, 0.25) is 0 Å². The first-order chi connectivity index (χ1) is 29.9. The van der Waals surface area contributed by atoms with Crippen LogP contribution in [-0.2, 0) is 28.6 Å². The van der Waals surface area contributed by atoms with E-state index >= 15 is 0 Å². The average Bonchev–Trinajstić information content (AvgIpc) is 3.81. The van der Waals surface area contributed by atoms with E-state index in [4.69, 9.17) is 28.8 Å². The second-order valence-electron chi connectivity index (χ2n) is 15.7. The van der Waals surface area contributed by atoms with Gasteiger partial charge in [-0.25, -0.2) is 4.79 Å². The lowest BCUT2D eigenvalue weighted by molar-refractivity contribution is -0.244. The maximum atomic E-state index is 14.6. The fraction of sp³-hybridized carbons (Fsp3) is 0.562. The molecular weight excluding hydrogens is 831 g/mol. The number of ketones is 1. The summed E-state index contributed by atoms with van der Waals surface area (Å²) in [6.45, 7) is 20.7. The number of ether oxygens (including phenoxy) is 3. The number of fused-ring (bicyclic) bond motifs is 5. The van der Waals surface area contributed by atoms with Gasteiger partial charge in [-0.15, -0.1) is 26.0 Å². The highest BCUT2D eigenvalue weighted by molar-refractivity contribution is 8.13. The van der Waals surface area contributed by atoms with E-state index in [0.29, 0.717) is 34.8 Å². The monoisotopic (exact) mass is 899 g/mol. The Morgan fingerprint density at radius 1 is 1.02 bits per heavy atom. The van der Waals surface area contributed by atoms with Gasteiger partial charge in [0.25, 0.3) is 5.24 Å². The largest absolute Gasteiger partial charge is 0.478 e. The summed E-state index contributed by atoms with van der Waals surface area (Å²) in [5.74, 6) is -2.11. The molecule has 2 saturated carbocycles. The highest BCUT2D eigenvalue weighted by atomic mass is 32.2. The number of esters is 2. The van der Waals surface area contributed by atoms with Crippen LogP contribution in [-0.4, -0.2) is 98.8 Å². The molecule has 9 atom stereocenters. The van der Waals surface area contributed by atoms with Gasteiger partial charge in [-0.2, -0.15) is 0 Å². The van der Waals surface area contributed by atoms with Gasteiger partial charge in [-0.3, -0.25) is 19.2 Å². The van der Waals surface area contributed by atoms with Crippen molar-refractivity contribution in [2.75, 3.05) is 19.5 Å². The quantitative estimate of drug-likeness (QED) is 0.0668. The van der Waals surface area contributed by atoms with E-state index in [9.17, 15) is 34.2 Å². The summed E-state index contributed by atoms with van der Waals surface area (Å²) in [5.41, 5.74) is -2.64. The molecule has 0 radical (unpaired) electrons. The lowest BCUT2D eigenvalue weighted by Gasteiger charge is -2.62. The highest BCUT2D eigenvalue weighted by Gasteiger charge is 2.67. The van der Waals surface area contributed by atoms with E-state index in [0.717, 1.165) is 31.7 Å². The van der Waals surface area contributed by atoms with Crippen molar-refractivity contribution < 1.29 is 63.0 Å². The van der Waals surface area contributed by atoms with E-state index in [1.54, 1.807) is 56.3 Å². The molecule has 1 amide bonds. The first kappa shape index (κ1) is 56.3. The maximum Gasteiger partial charge on any atom is 0.335 e. The fourth-order valence-corrected chi connectivity index (χ4v) is 9.52. The van der Waals surface area contributed by atoms with Gasteiger partial charge in [-0.05, 0) is 68.0 Å². The first-order valence-corrected chi connectivity index (χ1v) is 22.1. The van der Waals surface area contributed by atoms with Crippen molar-refractivity contribution in [3.8, 4) is 12.8 Å². The number of carbonyl (C=O) groups excluding carboxylic acids is 4. The van der Waals surface area contributed by atoms with Crippen LogP contribution in [0.4, 0.5) is 4.79 Å². The number of carbonyl (C=O) groups is 5. The van der Waals surface area contributed by atoms with Crippen LogP contribution in [0.3, 0.4) is 0 Å². The lowest BCUT2D eigenvalue weighted by atomic mass is 9.47. The second-order valence-corrected chi connectivity index (χ2v) is 16.8. The molecule has 4 aliphatic rings. The zero-order chi connectivity index (χ0) is 48.3. The van der Waals surface area contributed by atoms with Crippen molar-refractivity contribution >= 4 is 40.7 Å². The predicted molar refractivity (Wildman–Crippen MR) is 243 cm³/mol. The molecular formula is C48H69NO13S. The third-order valence-corrected chi connectivity index (χ3v) is 13.0. The number of thioether (sulfide) groups is 1. The zero-order valence-corrected chi connectivity index (χ0v) is 39.1. The average molecular weight is 900 g/mol. The number of hydrogen-bond donors (Lipinski definition) is 5. The number of unbranched alkanes of at least 4 members (excludes halogenated alkanes) is 1. The Bertz CT molecular complexity index is 1830. The van der Waals surface area contributed by atoms with Crippen molar-refractivity contribution in [2.45, 2.75) is 130 Å². The molecule has 15 heteroatoms. The van der Waals surface area contributed by atoms with Gasteiger partial charge in [0, 0.05) is 44.0 Å². The van der Waals surface area contributed by atoms with E-state index in [2.05, 4.69) is 31.3 Å². The van der Waals surface area contributed by atoms with E-state index < -0.39 is 70.4 Å². The molecule has 63 heavy (non-hydrogen) atoms. The summed E-state index contributed by atoms with van der Waals surface area (Å²) in [6.07, 6.45) is 7.91. The van der Waals surface area contributed by atoms with Crippen molar-refractivity contribution in [2.24, 2.45) is 22.7 Å². The molecule has 2 bridgehead atoms. The molecule has 5 N–H and O–H groups in total. The Morgan fingerprint density at radius 3 is 2.13 bits per heavy atom. The van der Waals surface area contributed by atoms with Crippen molar-refractivity contribution in [1.82, 2.24) is 5.32 Å². The predicted octanol–water partition coefficient (Wildman–Crippen LogP) is 7.72. The van der Waals surface area contributed by atoms with Gasteiger partial charge in [0.2, 0.25) is 0 Å². The number of aliphatic hydroxyl groups excluding tert-OH is 2. The van der Waals surface area contributed by atoms with Crippen molar-refractivity contribution in [3.63, 3.8) is 0 Å². The number of terminal acetylenes is 1. The van der Waals surface area contributed by atoms with Gasteiger partial charge < -0.3 is 44.4 Å². The minimum atomic E-state index is -1.50. The van der Waals surface area contributed by atoms with Gasteiger partial charge in [-0.1, -0.05) is 71.0 Å². The minimum absolute atomic E-state index is 0.0353. The third-order valence-electron chi connectivity index (χ3n) is 12.1. The van der Waals surface area contributed by atoms with Gasteiger partial charge >= 0.3 is 17.9 Å². The van der Waals surface area contributed by atoms with Crippen LogP contribution in [0.25, 0.3) is 0 Å². The number of amides is 1. The summed E-state index contributed by atoms with van der Waals surface area (Å²) in [6, 6.07) is 10.9. The van der Waals surface area contributed by atoms with Crippen LogP contribution in [0.15, 0.2) is 77.4 Å². The molecule has 1 aliphatic heterocycles. The van der Waals surface area contributed by atoms with Crippen LogP contribution >= 0.6 is 11.8 Å². The van der Waals surface area contributed by atoms with Crippen LogP contribution in [0, 0.1) is 35.5 Å². The second kappa shape index (κ2) is 26.2. The Labute approximate surface area is 377 Å².